The van der Waals surface area contributed by atoms with Crippen LogP contribution in [-0.2, 0) is 11.2 Å². The normalized spacial score (nSPS) is 19.0. The third-order valence-electron chi connectivity index (χ3n) is 6.33. The Kier molecular flexibility index (Phi) is 7.40. The number of carbonyl (C=O) groups excluding carboxylic acids is 2. The van der Waals surface area contributed by atoms with E-state index in [2.05, 4.69) is 0 Å². The first-order valence-corrected chi connectivity index (χ1v) is 11.6. The second-order valence-corrected chi connectivity index (χ2v) is 8.85. The number of ether oxygens (including phenoxy) is 1. The monoisotopic (exact) mass is 438 g/mol. The lowest BCUT2D eigenvalue weighted by Gasteiger charge is -2.33. The zero-order valence-electron chi connectivity index (χ0n) is 18.5. The minimum atomic E-state index is -0.318. The molecule has 2 amide bonds. The van der Waals surface area contributed by atoms with Crippen LogP contribution in [0.1, 0.15) is 48.0 Å². The number of halogens is 1. The van der Waals surface area contributed by atoms with E-state index in [1.54, 1.807) is 12.1 Å². The minimum Gasteiger partial charge on any atom is -0.493 e. The summed E-state index contributed by atoms with van der Waals surface area (Å²) in [7, 11) is 0. The molecule has 2 aliphatic heterocycles. The van der Waals surface area contributed by atoms with E-state index in [1.165, 1.54) is 18.6 Å². The molecule has 0 aliphatic carbocycles. The molecular formula is C26H31FN2O3. The number of benzene rings is 2. The summed E-state index contributed by atoms with van der Waals surface area (Å²) in [6.45, 7) is 3.52. The van der Waals surface area contributed by atoms with Crippen molar-refractivity contribution in [3.05, 3.63) is 65.5 Å². The van der Waals surface area contributed by atoms with Gasteiger partial charge in [0.25, 0.3) is 5.91 Å². The van der Waals surface area contributed by atoms with E-state index in [-0.39, 0.29) is 30.0 Å². The first-order chi connectivity index (χ1) is 15.6. The summed E-state index contributed by atoms with van der Waals surface area (Å²) in [5.41, 5.74) is 1.36. The maximum Gasteiger partial charge on any atom is 0.253 e. The van der Waals surface area contributed by atoms with Crippen LogP contribution in [0.4, 0.5) is 4.39 Å². The fourth-order valence-electron chi connectivity index (χ4n) is 4.57. The Hall–Kier alpha value is -2.89. The summed E-state index contributed by atoms with van der Waals surface area (Å²) >= 11 is 0. The van der Waals surface area contributed by atoms with Gasteiger partial charge in [-0.15, -0.1) is 0 Å². The Labute approximate surface area is 189 Å². The highest BCUT2D eigenvalue weighted by Gasteiger charge is 2.24. The number of amides is 2. The number of nitrogens with zero attached hydrogens (tertiary/aromatic N) is 2. The molecule has 0 radical (unpaired) electrons. The predicted molar refractivity (Wildman–Crippen MR) is 121 cm³/mol. The topological polar surface area (TPSA) is 49.9 Å². The molecule has 2 heterocycles. The molecule has 2 aliphatic rings. The number of hydrogen-bond donors (Lipinski definition) is 0. The number of rotatable bonds is 6. The van der Waals surface area contributed by atoms with E-state index in [0.29, 0.717) is 30.0 Å². The van der Waals surface area contributed by atoms with Crippen LogP contribution in [-0.4, -0.2) is 54.4 Å². The average molecular weight is 439 g/mol. The highest BCUT2D eigenvalue weighted by atomic mass is 19.1. The molecule has 0 N–H and O–H groups in total. The summed E-state index contributed by atoms with van der Waals surface area (Å²) in [6.07, 6.45) is 5.46. The molecule has 2 saturated heterocycles. The van der Waals surface area contributed by atoms with Crippen molar-refractivity contribution < 1.29 is 18.7 Å². The molecule has 0 aromatic heterocycles. The summed E-state index contributed by atoms with van der Waals surface area (Å²) in [4.78, 5) is 29.2. The van der Waals surface area contributed by atoms with Crippen LogP contribution >= 0.6 is 0 Å². The molecule has 2 aromatic rings. The van der Waals surface area contributed by atoms with Gasteiger partial charge in [-0.2, -0.15) is 0 Å². The zero-order valence-corrected chi connectivity index (χ0v) is 18.5. The SMILES string of the molecule is O=C(Cc1cccc(F)c1)N1CCC[C@H](COc2cccc(C(=O)N3CCCCC3)c2)C1. The molecule has 0 unspecified atom stereocenters. The van der Waals surface area contributed by atoms with Crippen molar-refractivity contribution >= 4 is 11.8 Å². The van der Waals surface area contributed by atoms with Crippen LogP contribution in [0.3, 0.4) is 0 Å². The van der Waals surface area contributed by atoms with Gasteiger partial charge in [-0.05, 0) is 68.0 Å². The van der Waals surface area contributed by atoms with E-state index in [4.69, 9.17) is 4.74 Å². The van der Waals surface area contributed by atoms with Gasteiger partial charge < -0.3 is 14.5 Å². The Morgan fingerprint density at radius 2 is 1.72 bits per heavy atom. The molecule has 32 heavy (non-hydrogen) atoms. The Morgan fingerprint density at radius 1 is 0.938 bits per heavy atom. The molecule has 1 atom stereocenters. The van der Waals surface area contributed by atoms with Gasteiger partial charge in [0, 0.05) is 37.7 Å². The zero-order chi connectivity index (χ0) is 22.3. The molecule has 170 valence electrons. The van der Waals surface area contributed by atoms with Crippen molar-refractivity contribution in [3.8, 4) is 5.75 Å². The lowest BCUT2D eigenvalue weighted by Crippen LogP contribution is -2.42. The van der Waals surface area contributed by atoms with Crippen LogP contribution in [0, 0.1) is 11.7 Å². The summed E-state index contributed by atoms with van der Waals surface area (Å²) in [5.74, 6) is 0.704. The Balaban J connectivity index is 1.30. The minimum absolute atomic E-state index is 0.0226. The lowest BCUT2D eigenvalue weighted by atomic mass is 9.98. The maximum absolute atomic E-state index is 13.4. The molecule has 2 fully saturated rings. The van der Waals surface area contributed by atoms with E-state index >= 15 is 0 Å². The molecular weight excluding hydrogens is 407 g/mol. The number of likely N-dealkylation sites (tertiary alicyclic amines) is 2. The molecule has 6 heteroatoms. The largest absolute Gasteiger partial charge is 0.493 e. The predicted octanol–water partition coefficient (Wildman–Crippen LogP) is 4.31. The van der Waals surface area contributed by atoms with Gasteiger partial charge in [-0.25, -0.2) is 4.39 Å². The van der Waals surface area contributed by atoms with Crippen LogP contribution in [0.5, 0.6) is 5.75 Å². The van der Waals surface area contributed by atoms with E-state index in [9.17, 15) is 14.0 Å². The van der Waals surface area contributed by atoms with Gasteiger partial charge in [0.1, 0.15) is 11.6 Å². The molecule has 2 aromatic carbocycles. The van der Waals surface area contributed by atoms with Gasteiger partial charge in [-0.1, -0.05) is 18.2 Å². The quantitative estimate of drug-likeness (QED) is 0.675. The van der Waals surface area contributed by atoms with Crippen molar-refractivity contribution in [1.29, 1.82) is 0 Å². The molecule has 0 spiro atoms. The second kappa shape index (κ2) is 10.6. The maximum atomic E-state index is 13.4. The third kappa shape index (κ3) is 5.87. The van der Waals surface area contributed by atoms with Crippen LogP contribution < -0.4 is 4.74 Å². The fourth-order valence-corrected chi connectivity index (χ4v) is 4.57. The second-order valence-electron chi connectivity index (χ2n) is 8.85. The Morgan fingerprint density at radius 3 is 2.53 bits per heavy atom. The van der Waals surface area contributed by atoms with Gasteiger partial charge in [0.2, 0.25) is 5.91 Å². The molecule has 5 nitrogen and oxygen atoms in total. The molecule has 4 rings (SSSR count). The van der Waals surface area contributed by atoms with Crippen molar-refractivity contribution in [3.63, 3.8) is 0 Å². The summed E-state index contributed by atoms with van der Waals surface area (Å²) in [6, 6.07) is 13.6. The third-order valence-corrected chi connectivity index (χ3v) is 6.33. The molecule has 0 bridgehead atoms. The summed E-state index contributed by atoms with van der Waals surface area (Å²) < 4.78 is 19.4. The van der Waals surface area contributed by atoms with Crippen molar-refractivity contribution in [2.75, 3.05) is 32.8 Å². The highest BCUT2D eigenvalue weighted by molar-refractivity contribution is 5.94. The van der Waals surface area contributed by atoms with Gasteiger partial charge >= 0.3 is 0 Å². The van der Waals surface area contributed by atoms with E-state index in [1.807, 2.05) is 34.1 Å². The average Bonchev–Trinajstić information content (AvgIpc) is 2.83. The number of hydrogen-bond acceptors (Lipinski definition) is 3. The van der Waals surface area contributed by atoms with Crippen molar-refractivity contribution in [2.45, 2.75) is 38.5 Å². The number of carbonyl (C=O) groups is 2. The van der Waals surface area contributed by atoms with Gasteiger partial charge in [0.05, 0.1) is 13.0 Å². The summed E-state index contributed by atoms with van der Waals surface area (Å²) in [5, 5.41) is 0. The lowest BCUT2D eigenvalue weighted by molar-refractivity contribution is -0.132. The smallest absolute Gasteiger partial charge is 0.253 e. The van der Waals surface area contributed by atoms with Crippen molar-refractivity contribution in [2.24, 2.45) is 5.92 Å². The van der Waals surface area contributed by atoms with E-state index in [0.717, 1.165) is 45.3 Å². The number of piperidine rings is 2. The van der Waals surface area contributed by atoms with Crippen LogP contribution in [0.2, 0.25) is 0 Å². The fraction of sp³-hybridized carbons (Fsp3) is 0.462. The highest BCUT2D eigenvalue weighted by Crippen LogP contribution is 2.22. The van der Waals surface area contributed by atoms with Gasteiger partial charge in [-0.3, -0.25) is 9.59 Å². The standard InChI is InChI=1S/C26H31FN2O3/c27-23-10-4-7-20(15-23)16-25(30)29-14-6-8-21(18-29)19-32-24-11-5-9-22(17-24)26(31)28-12-2-1-3-13-28/h4-5,7,9-11,15,17,21H,1-3,6,8,12-14,16,18-19H2/t21-/m0/s1. The van der Waals surface area contributed by atoms with Gasteiger partial charge in [0.15, 0.2) is 0 Å². The van der Waals surface area contributed by atoms with Crippen LogP contribution in [0.25, 0.3) is 0 Å². The Bertz CT molecular complexity index is 942. The first kappa shape index (κ1) is 22.3. The van der Waals surface area contributed by atoms with Crippen LogP contribution in [0.15, 0.2) is 48.5 Å². The van der Waals surface area contributed by atoms with E-state index < -0.39 is 0 Å². The first-order valence-electron chi connectivity index (χ1n) is 11.6. The van der Waals surface area contributed by atoms with Crippen molar-refractivity contribution in [1.82, 2.24) is 9.80 Å². The molecule has 0 saturated carbocycles.